The molecule has 1 aliphatic heterocycles. The first-order valence-corrected chi connectivity index (χ1v) is 7.58. The number of nitrogens with zero attached hydrogens (tertiary/aromatic N) is 5. The molecule has 1 fully saturated rings. The summed E-state index contributed by atoms with van der Waals surface area (Å²) >= 11 is 0. The summed E-state index contributed by atoms with van der Waals surface area (Å²) in [7, 11) is 3.21. The largest absolute Gasteiger partial charge is 0.435 e. The maximum absolute atomic E-state index is 13.2. The highest BCUT2D eigenvalue weighted by Crippen LogP contribution is 2.34. The van der Waals surface area contributed by atoms with Gasteiger partial charge in [0.2, 0.25) is 11.9 Å². The van der Waals surface area contributed by atoms with Gasteiger partial charge in [-0.05, 0) is 0 Å². The van der Waals surface area contributed by atoms with Gasteiger partial charge in [0, 0.05) is 39.5 Å². The minimum Gasteiger partial charge on any atom is -0.391 e. The van der Waals surface area contributed by atoms with Gasteiger partial charge in [0.25, 0.3) is 0 Å². The molecule has 0 saturated carbocycles. The fourth-order valence-corrected chi connectivity index (χ4v) is 2.79. The fraction of sp³-hybridized carbons (Fsp3) is 0.571. The molecular weight excluding hydrogens is 341 g/mol. The number of amides is 1. The summed E-state index contributed by atoms with van der Waals surface area (Å²) in [6.45, 7) is 0.243. The number of H-pyrrole nitrogens is 1. The predicted octanol–water partition coefficient (Wildman–Crippen LogP) is 0.647. The molecule has 0 aromatic carbocycles. The van der Waals surface area contributed by atoms with Gasteiger partial charge >= 0.3 is 6.18 Å². The van der Waals surface area contributed by atoms with Crippen LogP contribution in [0.1, 0.15) is 12.1 Å². The van der Waals surface area contributed by atoms with Gasteiger partial charge in [-0.3, -0.25) is 4.79 Å². The SMILES string of the molecule is CN(C)C(=O)C[C@@H]1CN(c2nc(C(F)(F)F)c3[nH]cnc3n2)C[C@H]1O. The van der Waals surface area contributed by atoms with Crippen LogP contribution in [0, 0.1) is 5.92 Å². The maximum atomic E-state index is 13.2. The van der Waals surface area contributed by atoms with E-state index in [1.165, 1.54) is 9.80 Å². The van der Waals surface area contributed by atoms with Crippen molar-refractivity contribution in [1.29, 1.82) is 0 Å². The number of alkyl halides is 3. The zero-order valence-corrected chi connectivity index (χ0v) is 13.6. The van der Waals surface area contributed by atoms with Gasteiger partial charge in [-0.2, -0.15) is 18.2 Å². The van der Waals surface area contributed by atoms with Crippen molar-refractivity contribution >= 4 is 23.0 Å². The third kappa shape index (κ3) is 3.36. The summed E-state index contributed by atoms with van der Waals surface area (Å²) < 4.78 is 39.7. The number of rotatable bonds is 3. The third-order valence-corrected chi connectivity index (χ3v) is 4.17. The lowest BCUT2D eigenvalue weighted by Gasteiger charge is -2.18. The number of aliphatic hydroxyl groups excluding tert-OH is 1. The van der Waals surface area contributed by atoms with Crippen molar-refractivity contribution in [2.45, 2.75) is 18.7 Å². The van der Waals surface area contributed by atoms with Gasteiger partial charge in [-0.25, -0.2) is 9.97 Å². The van der Waals surface area contributed by atoms with Gasteiger partial charge in [-0.1, -0.05) is 0 Å². The number of hydrogen-bond acceptors (Lipinski definition) is 6. The van der Waals surface area contributed by atoms with E-state index < -0.39 is 23.9 Å². The highest BCUT2D eigenvalue weighted by Gasteiger charge is 2.39. The predicted molar refractivity (Wildman–Crippen MR) is 81.7 cm³/mol. The molecule has 0 bridgehead atoms. The summed E-state index contributed by atoms with van der Waals surface area (Å²) in [4.78, 5) is 28.5. The molecule has 0 radical (unpaired) electrons. The zero-order chi connectivity index (χ0) is 18.4. The molecule has 1 amide bonds. The average molecular weight is 358 g/mol. The number of aromatic amines is 1. The summed E-state index contributed by atoms with van der Waals surface area (Å²) in [5, 5.41) is 10.1. The van der Waals surface area contributed by atoms with Gasteiger partial charge in [0.05, 0.1) is 12.4 Å². The standard InChI is InChI=1S/C14H17F3N6O2/c1-22(2)9(25)3-7-4-23(5-8(7)24)13-20-11(14(15,16)17)10-12(21-13)19-6-18-10/h6-8,24H,3-5H2,1-2H3,(H,18,19,20,21)/t7-,8-/m1/s1. The molecule has 25 heavy (non-hydrogen) atoms. The first-order chi connectivity index (χ1) is 11.7. The molecule has 1 aliphatic rings. The molecule has 1 saturated heterocycles. The van der Waals surface area contributed by atoms with Crippen molar-refractivity contribution in [2.24, 2.45) is 5.92 Å². The molecule has 0 aliphatic carbocycles. The van der Waals surface area contributed by atoms with E-state index >= 15 is 0 Å². The van der Waals surface area contributed by atoms with E-state index in [9.17, 15) is 23.1 Å². The number of anilines is 1. The third-order valence-electron chi connectivity index (χ3n) is 4.17. The van der Waals surface area contributed by atoms with Crippen molar-refractivity contribution in [3.05, 3.63) is 12.0 Å². The molecule has 136 valence electrons. The number of aromatic nitrogens is 4. The maximum Gasteiger partial charge on any atom is 0.435 e. The second-order valence-electron chi connectivity index (χ2n) is 6.20. The van der Waals surface area contributed by atoms with E-state index in [-0.39, 0.29) is 42.5 Å². The van der Waals surface area contributed by atoms with Gasteiger partial charge in [0.15, 0.2) is 11.3 Å². The van der Waals surface area contributed by atoms with Crippen molar-refractivity contribution < 1.29 is 23.1 Å². The molecule has 2 atom stereocenters. The van der Waals surface area contributed by atoms with Gasteiger partial charge < -0.3 is 19.9 Å². The molecule has 0 spiro atoms. The Hall–Kier alpha value is -2.43. The van der Waals surface area contributed by atoms with Crippen LogP contribution in [0.4, 0.5) is 19.1 Å². The molecule has 2 aromatic rings. The number of hydrogen-bond donors (Lipinski definition) is 2. The van der Waals surface area contributed by atoms with E-state index in [1.807, 2.05) is 0 Å². The quantitative estimate of drug-likeness (QED) is 0.836. The van der Waals surface area contributed by atoms with Crippen LogP contribution in [0.3, 0.4) is 0 Å². The normalized spacial score (nSPS) is 21.1. The highest BCUT2D eigenvalue weighted by atomic mass is 19.4. The van der Waals surface area contributed by atoms with Crippen LogP contribution < -0.4 is 4.90 Å². The Balaban J connectivity index is 1.89. The summed E-state index contributed by atoms with van der Waals surface area (Å²) in [6, 6.07) is 0. The number of carbonyl (C=O) groups is 1. The van der Waals surface area contributed by atoms with Crippen LogP contribution in [-0.2, 0) is 11.0 Å². The highest BCUT2D eigenvalue weighted by molar-refractivity contribution is 5.76. The first-order valence-electron chi connectivity index (χ1n) is 7.58. The molecule has 8 nitrogen and oxygen atoms in total. The summed E-state index contributed by atoms with van der Waals surface area (Å²) in [5.74, 6) is -0.723. The minimum atomic E-state index is -4.67. The Labute approximate surface area is 140 Å². The van der Waals surface area contributed by atoms with Crippen LogP contribution in [-0.4, -0.2) is 69.1 Å². The van der Waals surface area contributed by atoms with E-state index in [4.69, 9.17) is 0 Å². The lowest BCUT2D eigenvalue weighted by Crippen LogP contribution is -2.28. The summed E-state index contributed by atoms with van der Waals surface area (Å²) in [6.07, 6.45) is -4.30. The number of aliphatic hydroxyl groups is 1. The number of β-amino-alcohol motifs (C(OH)–C–C–N with tert-alkyl or cyclic N) is 1. The minimum absolute atomic E-state index is 0.0542. The lowest BCUT2D eigenvalue weighted by atomic mass is 10.0. The monoisotopic (exact) mass is 358 g/mol. The van der Waals surface area contributed by atoms with Crippen LogP contribution >= 0.6 is 0 Å². The molecule has 11 heteroatoms. The molecule has 3 heterocycles. The Kier molecular flexibility index (Phi) is 4.27. The number of fused-ring (bicyclic) bond motifs is 1. The summed E-state index contributed by atoms with van der Waals surface area (Å²) in [5.41, 5.74) is -1.48. The van der Waals surface area contributed by atoms with Crippen molar-refractivity contribution in [1.82, 2.24) is 24.8 Å². The average Bonchev–Trinajstić information content (AvgIpc) is 3.12. The van der Waals surface area contributed by atoms with E-state index in [0.717, 1.165) is 6.33 Å². The van der Waals surface area contributed by atoms with Crippen LogP contribution in [0.15, 0.2) is 6.33 Å². The van der Waals surface area contributed by atoms with Gasteiger partial charge in [0.1, 0.15) is 5.52 Å². The molecule has 2 N–H and O–H groups in total. The smallest absolute Gasteiger partial charge is 0.391 e. The number of nitrogens with one attached hydrogen (secondary N) is 1. The number of imidazole rings is 1. The van der Waals surface area contributed by atoms with Crippen LogP contribution in [0.2, 0.25) is 0 Å². The van der Waals surface area contributed by atoms with Crippen molar-refractivity contribution in [3.63, 3.8) is 0 Å². The molecule has 0 unspecified atom stereocenters. The number of halogens is 3. The fourth-order valence-electron chi connectivity index (χ4n) is 2.79. The van der Waals surface area contributed by atoms with E-state index in [0.29, 0.717) is 0 Å². The van der Waals surface area contributed by atoms with Crippen LogP contribution in [0.5, 0.6) is 0 Å². The van der Waals surface area contributed by atoms with E-state index in [1.54, 1.807) is 14.1 Å². The van der Waals surface area contributed by atoms with Gasteiger partial charge in [-0.15, -0.1) is 0 Å². The molecule has 2 aromatic heterocycles. The zero-order valence-electron chi connectivity index (χ0n) is 13.6. The number of carbonyl (C=O) groups excluding carboxylic acids is 1. The first kappa shape index (κ1) is 17.4. The molecular formula is C14H17F3N6O2. The Morgan fingerprint density at radius 1 is 1.40 bits per heavy atom. The molecule has 3 rings (SSSR count). The lowest BCUT2D eigenvalue weighted by molar-refractivity contribution is -0.139. The Morgan fingerprint density at radius 2 is 2.12 bits per heavy atom. The second-order valence-corrected chi connectivity index (χ2v) is 6.20. The van der Waals surface area contributed by atoms with E-state index in [2.05, 4.69) is 19.9 Å². The van der Waals surface area contributed by atoms with Crippen LogP contribution in [0.25, 0.3) is 11.2 Å². The van der Waals surface area contributed by atoms with Crippen molar-refractivity contribution in [2.75, 3.05) is 32.1 Å². The topological polar surface area (TPSA) is 98.2 Å². The second kappa shape index (κ2) is 6.14. The Bertz CT molecular complexity index is 790. The van der Waals surface area contributed by atoms with Crippen molar-refractivity contribution in [3.8, 4) is 0 Å². The Morgan fingerprint density at radius 3 is 2.76 bits per heavy atom.